The molecule has 2 N–H and O–H groups in total. The number of hydrogen-bond donors (Lipinski definition) is 2. The zero-order valence-corrected chi connectivity index (χ0v) is 11.4. The second kappa shape index (κ2) is 6.02. The summed E-state index contributed by atoms with van der Waals surface area (Å²) in [6.07, 6.45) is 0. The van der Waals surface area contributed by atoms with Gasteiger partial charge in [-0.15, -0.1) is 0 Å². The van der Waals surface area contributed by atoms with E-state index in [0.717, 1.165) is 11.1 Å². The highest BCUT2D eigenvalue weighted by Gasteiger charge is 2.15. The number of benzene rings is 2. The first kappa shape index (κ1) is 13.8. The van der Waals surface area contributed by atoms with Crippen LogP contribution in [0.15, 0.2) is 58.8 Å². The van der Waals surface area contributed by atoms with Gasteiger partial charge in [-0.25, -0.2) is 0 Å². The molecule has 0 amide bonds. The topological polar surface area (TPSA) is 65.2 Å². The van der Waals surface area contributed by atoms with Gasteiger partial charge in [-0.05, 0) is 13.8 Å². The van der Waals surface area contributed by atoms with E-state index >= 15 is 0 Å². The van der Waals surface area contributed by atoms with Crippen LogP contribution in [0.25, 0.3) is 0 Å². The van der Waals surface area contributed by atoms with Crippen LogP contribution in [-0.4, -0.2) is 21.8 Å². The molecule has 0 saturated heterocycles. The summed E-state index contributed by atoms with van der Waals surface area (Å²) in [7, 11) is 0. The standard InChI is InChI=1S/C16H16N2O2/c1-11-3-7-13(8-4-11)15(17-19)16(18-20)14-9-5-12(2)6-10-14/h3-10,19-20H,1-2H3/b17-15+,18-16+. The average Bonchev–Trinajstić information content (AvgIpc) is 2.47. The zero-order chi connectivity index (χ0) is 14.5. The third kappa shape index (κ3) is 2.85. The summed E-state index contributed by atoms with van der Waals surface area (Å²) in [4.78, 5) is 0. The van der Waals surface area contributed by atoms with Crippen molar-refractivity contribution >= 4 is 11.4 Å². The first-order valence-corrected chi connectivity index (χ1v) is 6.24. The molecule has 0 saturated carbocycles. The second-order valence-corrected chi connectivity index (χ2v) is 4.63. The van der Waals surface area contributed by atoms with E-state index in [4.69, 9.17) is 0 Å². The van der Waals surface area contributed by atoms with E-state index in [1.165, 1.54) is 0 Å². The molecule has 0 unspecified atom stereocenters. The van der Waals surface area contributed by atoms with Crippen molar-refractivity contribution in [2.24, 2.45) is 10.3 Å². The van der Waals surface area contributed by atoms with Gasteiger partial charge in [0, 0.05) is 11.1 Å². The Kier molecular flexibility index (Phi) is 4.15. The normalized spacial score (nSPS) is 12.5. The smallest absolute Gasteiger partial charge is 0.139 e. The lowest BCUT2D eigenvalue weighted by Crippen LogP contribution is -2.17. The van der Waals surface area contributed by atoms with Crippen molar-refractivity contribution in [2.45, 2.75) is 13.8 Å². The van der Waals surface area contributed by atoms with Crippen molar-refractivity contribution in [3.05, 3.63) is 70.8 Å². The summed E-state index contributed by atoms with van der Waals surface area (Å²) in [5, 5.41) is 25.1. The molecule has 4 nitrogen and oxygen atoms in total. The van der Waals surface area contributed by atoms with Crippen LogP contribution in [0.1, 0.15) is 22.3 Å². The van der Waals surface area contributed by atoms with Crippen LogP contribution in [0, 0.1) is 13.8 Å². The van der Waals surface area contributed by atoms with Crippen LogP contribution in [0.5, 0.6) is 0 Å². The maximum atomic E-state index is 9.26. The summed E-state index contributed by atoms with van der Waals surface area (Å²) < 4.78 is 0. The van der Waals surface area contributed by atoms with E-state index in [-0.39, 0.29) is 11.4 Å². The third-order valence-corrected chi connectivity index (χ3v) is 3.07. The van der Waals surface area contributed by atoms with Crippen molar-refractivity contribution in [1.82, 2.24) is 0 Å². The summed E-state index contributed by atoms with van der Waals surface area (Å²) >= 11 is 0. The van der Waals surface area contributed by atoms with E-state index in [1.807, 2.05) is 62.4 Å². The van der Waals surface area contributed by atoms with E-state index in [2.05, 4.69) is 10.3 Å². The molecule has 0 atom stereocenters. The molecular formula is C16H16N2O2. The lowest BCUT2D eigenvalue weighted by Gasteiger charge is -2.08. The largest absolute Gasteiger partial charge is 0.410 e. The van der Waals surface area contributed by atoms with Crippen molar-refractivity contribution < 1.29 is 10.4 Å². The molecule has 2 aromatic rings. The van der Waals surface area contributed by atoms with Gasteiger partial charge in [0.1, 0.15) is 11.4 Å². The van der Waals surface area contributed by atoms with E-state index in [0.29, 0.717) is 11.1 Å². The summed E-state index contributed by atoms with van der Waals surface area (Å²) in [5.41, 5.74) is 4.04. The summed E-state index contributed by atoms with van der Waals surface area (Å²) in [6, 6.07) is 14.9. The number of aryl methyl sites for hydroxylation is 2. The molecule has 2 aromatic carbocycles. The fourth-order valence-corrected chi connectivity index (χ4v) is 1.91. The summed E-state index contributed by atoms with van der Waals surface area (Å²) in [6.45, 7) is 3.95. The molecule has 0 aliphatic rings. The Morgan fingerprint density at radius 1 is 0.650 bits per heavy atom. The summed E-state index contributed by atoms with van der Waals surface area (Å²) in [5.74, 6) is 0. The highest BCUT2D eigenvalue weighted by Crippen LogP contribution is 2.12. The van der Waals surface area contributed by atoms with Gasteiger partial charge in [0.05, 0.1) is 0 Å². The number of oxime groups is 2. The van der Waals surface area contributed by atoms with Gasteiger partial charge in [-0.3, -0.25) is 0 Å². The maximum Gasteiger partial charge on any atom is 0.139 e. The fourth-order valence-electron chi connectivity index (χ4n) is 1.91. The minimum absolute atomic E-state index is 0.233. The SMILES string of the molecule is Cc1ccc(C(=N\O)/C(=N/O)c2ccc(C)cc2)cc1. The lowest BCUT2D eigenvalue weighted by atomic mass is 9.98. The number of nitrogens with zero attached hydrogens (tertiary/aromatic N) is 2. The monoisotopic (exact) mass is 268 g/mol. The Labute approximate surface area is 117 Å². The Hall–Kier alpha value is -2.62. The first-order chi connectivity index (χ1) is 9.65. The average molecular weight is 268 g/mol. The molecule has 4 heteroatoms. The van der Waals surface area contributed by atoms with E-state index in [9.17, 15) is 10.4 Å². The maximum absolute atomic E-state index is 9.26. The van der Waals surface area contributed by atoms with Gasteiger partial charge in [0.2, 0.25) is 0 Å². The lowest BCUT2D eigenvalue weighted by molar-refractivity contribution is 0.314. The van der Waals surface area contributed by atoms with Crippen LogP contribution in [0.3, 0.4) is 0 Å². The molecule has 0 spiro atoms. The molecule has 0 aromatic heterocycles. The second-order valence-electron chi connectivity index (χ2n) is 4.63. The fraction of sp³-hybridized carbons (Fsp3) is 0.125. The van der Waals surface area contributed by atoms with Gasteiger partial charge in [-0.2, -0.15) is 0 Å². The zero-order valence-electron chi connectivity index (χ0n) is 11.4. The van der Waals surface area contributed by atoms with Gasteiger partial charge >= 0.3 is 0 Å². The van der Waals surface area contributed by atoms with Crippen LogP contribution in [0.2, 0.25) is 0 Å². The Bertz CT molecular complexity index is 582. The molecule has 20 heavy (non-hydrogen) atoms. The Balaban J connectivity index is 2.44. The highest BCUT2D eigenvalue weighted by molar-refractivity contribution is 6.53. The van der Waals surface area contributed by atoms with Crippen molar-refractivity contribution in [3.63, 3.8) is 0 Å². The van der Waals surface area contributed by atoms with E-state index in [1.54, 1.807) is 0 Å². The van der Waals surface area contributed by atoms with Crippen LogP contribution < -0.4 is 0 Å². The predicted octanol–water partition coefficient (Wildman–Crippen LogP) is 3.36. The third-order valence-electron chi connectivity index (χ3n) is 3.07. The molecule has 0 aliphatic carbocycles. The molecule has 0 fully saturated rings. The minimum atomic E-state index is 0.233. The van der Waals surface area contributed by atoms with Crippen LogP contribution >= 0.6 is 0 Å². The van der Waals surface area contributed by atoms with Crippen LogP contribution in [0.4, 0.5) is 0 Å². The number of hydrogen-bond acceptors (Lipinski definition) is 4. The Morgan fingerprint density at radius 3 is 1.20 bits per heavy atom. The van der Waals surface area contributed by atoms with Crippen molar-refractivity contribution in [3.8, 4) is 0 Å². The molecule has 2 rings (SSSR count). The minimum Gasteiger partial charge on any atom is -0.410 e. The predicted molar refractivity (Wildman–Crippen MR) is 79.0 cm³/mol. The highest BCUT2D eigenvalue weighted by atomic mass is 16.4. The molecule has 0 bridgehead atoms. The molecule has 0 radical (unpaired) electrons. The van der Waals surface area contributed by atoms with E-state index < -0.39 is 0 Å². The van der Waals surface area contributed by atoms with Crippen molar-refractivity contribution in [1.29, 1.82) is 0 Å². The molecule has 102 valence electrons. The van der Waals surface area contributed by atoms with Gasteiger partial charge in [0.25, 0.3) is 0 Å². The van der Waals surface area contributed by atoms with Gasteiger partial charge in [-0.1, -0.05) is 70.0 Å². The van der Waals surface area contributed by atoms with Gasteiger partial charge in [0.15, 0.2) is 0 Å². The Morgan fingerprint density at radius 2 is 0.950 bits per heavy atom. The van der Waals surface area contributed by atoms with Crippen LogP contribution in [-0.2, 0) is 0 Å². The molecule has 0 heterocycles. The first-order valence-electron chi connectivity index (χ1n) is 6.24. The molecule has 0 aliphatic heterocycles. The number of rotatable bonds is 3. The molecular weight excluding hydrogens is 252 g/mol. The van der Waals surface area contributed by atoms with Gasteiger partial charge < -0.3 is 10.4 Å². The quantitative estimate of drug-likeness (QED) is 0.509. The van der Waals surface area contributed by atoms with Crippen molar-refractivity contribution in [2.75, 3.05) is 0 Å².